The van der Waals surface area contributed by atoms with Gasteiger partial charge in [-0.3, -0.25) is 25.0 Å². The van der Waals surface area contributed by atoms with Crippen LogP contribution in [0.15, 0.2) is 35.2 Å². The Morgan fingerprint density at radius 3 is 2.40 bits per heavy atom. The van der Waals surface area contributed by atoms with Gasteiger partial charge in [0, 0.05) is 18.2 Å². The van der Waals surface area contributed by atoms with Crippen LogP contribution in [-0.4, -0.2) is 30.3 Å². The van der Waals surface area contributed by atoms with Gasteiger partial charge < -0.3 is 14.2 Å². The summed E-state index contributed by atoms with van der Waals surface area (Å²) in [5.74, 6) is -0.594. The number of benzene rings is 2. The third-order valence-corrected chi connectivity index (χ3v) is 4.92. The van der Waals surface area contributed by atoms with E-state index >= 15 is 0 Å². The highest BCUT2D eigenvalue weighted by Gasteiger charge is 2.26. The maximum Gasteiger partial charge on any atom is 0.290 e. The van der Waals surface area contributed by atoms with Gasteiger partial charge in [-0.1, -0.05) is 6.07 Å². The maximum atomic E-state index is 14.1. The van der Waals surface area contributed by atoms with E-state index in [2.05, 4.69) is 5.32 Å². The molecular formula is C19H15FN2O7S. The molecule has 11 heteroatoms. The van der Waals surface area contributed by atoms with E-state index in [1.165, 1.54) is 44.6 Å². The van der Waals surface area contributed by atoms with E-state index in [0.29, 0.717) is 5.56 Å². The minimum Gasteiger partial charge on any atom is -0.496 e. The lowest BCUT2D eigenvalue weighted by molar-refractivity contribution is -0.386. The van der Waals surface area contributed by atoms with E-state index in [1.54, 1.807) is 0 Å². The molecule has 0 radical (unpaired) electrons. The molecule has 0 atom stereocenters. The molecule has 9 nitrogen and oxygen atoms in total. The van der Waals surface area contributed by atoms with Crippen molar-refractivity contribution < 1.29 is 33.1 Å². The Morgan fingerprint density at radius 1 is 1.20 bits per heavy atom. The molecular weight excluding hydrogens is 419 g/mol. The SMILES string of the molecule is COc1cc(OCc2c(F)cccc2[N+](=O)[O-])cc(OC)c1C=C1SC(=O)NC1=O. The summed E-state index contributed by atoms with van der Waals surface area (Å²) in [6.07, 6.45) is 1.44. The first-order valence-electron chi connectivity index (χ1n) is 8.39. The van der Waals surface area contributed by atoms with Gasteiger partial charge in [0.2, 0.25) is 0 Å². The number of halogens is 1. The van der Waals surface area contributed by atoms with E-state index in [1.807, 2.05) is 0 Å². The molecule has 2 amide bonds. The van der Waals surface area contributed by atoms with Gasteiger partial charge in [0.25, 0.3) is 16.8 Å². The molecule has 1 aliphatic rings. The first kappa shape index (κ1) is 21.1. The fourth-order valence-corrected chi connectivity index (χ4v) is 3.37. The summed E-state index contributed by atoms with van der Waals surface area (Å²) in [6.45, 7) is -0.400. The summed E-state index contributed by atoms with van der Waals surface area (Å²) in [6, 6.07) is 6.45. The van der Waals surface area contributed by atoms with E-state index in [-0.39, 0.29) is 27.7 Å². The van der Waals surface area contributed by atoms with E-state index < -0.39 is 34.2 Å². The molecule has 0 unspecified atom stereocenters. The van der Waals surface area contributed by atoms with Crippen LogP contribution in [0.3, 0.4) is 0 Å². The molecule has 1 N–H and O–H groups in total. The number of nitrogens with one attached hydrogen (secondary N) is 1. The van der Waals surface area contributed by atoms with Crippen molar-refractivity contribution in [3.63, 3.8) is 0 Å². The minimum atomic E-state index is -0.765. The first-order valence-corrected chi connectivity index (χ1v) is 9.21. The predicted molar refractivity (Wildman–Crippen MR) is 106 cm³/mol. The third kappa shape index (κ3) is 4.35. The third-order valence-electron chi connectivity index (χ3n) is 4.11. The fourth-order valence-electron chi connectivity index (χ4n) is 2.71. The number of amides is 2. The summed E-state index contributed by atoms with van der Waals surface area (Å²) in [5, 5.41) is 12.8. The van der Waals surface area contributed by atoms with Crippen molar-refractivity contribution in [2.75, 3.05) is 14.2 Å². The van der Waals surface area contributed by atoms with Crippen LogP contribution in [0.5, 0.6) is 17.2 Å². The second kappa shape index (κ2) is 8.82. The fraction of sp³-hybridized carbons (Fsp3) is 0.158. The van der Waals surface area contributed by atoms with E-state index in [0.717, 1.165) is 17.8 Å². The molecule has 1 saturated heterocycles. The van der Waals surface area contributed by atoms with Gasteiger partial charge in [-0.25, -0.2) is 4.39 Å². The summed E-state index contributed by atoms with van der Waals surface area (Å²) in [7, 11) is 2.77. The Hall–Kier alpha value is -3.60. The molecule has 1 aliphatic heterocycles. The summed E-state index contributed by atoms with van der Waals surface area (Å²) in [4.78, 5) is 33.8. The monoisotopic (exact) mass is 434 g/mol. The zero-order valence-electron chi connectivity index (χ0n) is 15.8. The standard InChI is InChI=1S/C19H15FN2O7S/c1-27-15-6-10(29-9-12-13(20)4-3-5-14(12)22(25)26)7-16(28-2)11(15)8-17-18(23)21-19(24)30-17/h3-8H,9H2,1-2H3,(H,21,23,24). The second-order valence-electron chi connectivity index (χ2n) is 5.88. The predicted octanol–water partition coefficient (Wildman–Crippen LogP) is 3.65. The Bertz CT molecular complexity index is 1050. The lowest BCUT2D eigenvalue weighted by atomic mass is 10.1. The van der Waals surface area contributed by atoms with Crippen molar-refractivity contribution >= 4 is 34.7 Å². The van der Waals surface area contributed by atoms with Gasteiger partial charge in [-0.2, -0.15) is 0 Å². The molecule has 0 aliphatic carbocycles. The smallest absolute Gasteiger partial charge is 0.290 e. The Balaban J connectivity index is 1.93. The number of imide groups is 1. The van der Waals surface area contributed by atoms with Crippen molar-refractivity contribution in [3.05, 3.63) is 62.3 Å². The number of nitro groups is 1. The number of ether oxygens (including phenoxy) is 3. The van der Waals surface area contributed by atoms with Gasteiger partial charge in [-0.15, -0.1) is 0 Å². The zero-order valence-corrected chi connectivity index (χ0v) is 16.6. The van der Waals surface area contributed by atoms with Crippen molar-refractivity contribution in [2.45, 2.75) is 6.61 Å². The van der Waals surface area contributed by atoms with Crippen LogP contribution >= 0.6 is 11.8 Å². The van der Waals surface area contributed by atoms with Crippen LogP contribution < -0.4 is 19.5 Å². The minimum absolute atomic E-state index is 0.159. The highest BCUT2D eigenvalue weighted by molar-refractivity contribution is 8.18. The Kier molecular flexibility index (Phi) is 6.21. The van der Waals surface area contributed by atoms with E-state index in [4.69, 9.17) is 14.2 Å². The van der Waals surface area contributed by atoms with Crippen LogP contribution in [0.1, 0.15) is 11.1 Å². The number of carbonyl (C=O) groups excluding carboxylic acids is 2. The van der Waals surface area contributed by atoms with Crippen LogP contribution in [0.4, 0.5) is 14.9 Å². The Labute approximate surface area is 174 Å². The number of rotatable bonds is 7. The van der Waals surface area contributed by atoms with Crippen LogP contribution in [0, 0.1) is 15.9 Å². The molecule has 156 valence electrons. The normalized spacial score (nSPS) is 14.6. The van der Waals surface area contributed by atoms with Crippen LogP contribution in [0.2, 0.25) is 0 Å². The number of thioether (sulfide) groups is 1. The average molecular weight is 434 g/mol. The molecule has 0 bridgehead atoms. The number of methoxy groups -OCH3 is 2. The number of hydrogen-bond donors (Lipinski definition) is 1. The van der Waals surface area contributed by atoms with Crippen LogP contribution in [-0.2, 0) is 11.4 Å². The average Bonchev–Trinajstić information content (AvgIpc) is 3.03. The number of carbonyl (C=O) groups is 2. The largest absolute Gasteiger partial charge is 0.496 e. The summed E-state index contributed by atoms with van der Waals surface area (Å²) in [5.41, 5.74) is -0.218. The summed E-state index contributed by atoms with van der Waals surface area (Å²) < 4.78 is 30.3. The van der Waals surface area contributed by atoms with Gasteiger partial charge in [0.15, 0.2) is 0 Å². The highest BCUT2D eigenvalue weighted by Crippen LogP contribution is 2.38. The first-order chi connectivity index (χ1) is 14.3. The van der Waals surface area contributed by atoms with Crippen LogP contribution in [0.25, 0.3) is 6.08 Å². The molecule has 1 fully saturated rings. The summed E-state index contributed by atoms with van der Waals surface area (Å²) >= 11 is 0.738. The molecule has 3 rings (SSSR count). The van der Waals surface area contributed by atoms with Gasteiger partial charge in [0.1, 0.15) is 35.2 Å². The number of nitro benzene ring substituents is 1. The van der Waals surface area contributed by atoms with Gasteiger partial charge >= 0.3 is 0 Å². The zero-order chi connectivity index (χ0) is 21.8. The van der Waals surface area contributed by atoms with Crippen molar-refractivity contribution in [1.82, 2.24) is 5.32 Å². The van der Waals surface area contributed by atoms with Crippen molar-refractivity contribution in [1.29, 1.82) is 0 Å². The molecule has 0 saturated carbocycles. The molecule has 30 heavy (non-hydrogen) atoms. The molecule has 0 aromatic heterocycles. The number of nitrogens with zero attached hydrogens (tertiary/aromatic N) is 1. The lowest BCUT2D eigenvalue weighted by Gasteiger charge is -2.14. The van der Waals surface area contributed by atoms with Gasteiger partial charge in [0.05, 0.1) is 29.6 Å². The molecule has 1 heterocycles. The Morgan fingerprint density at radius 2 is 1.87 bits per heavy atom. The van der Waals surface area contributed by atoms with Crippen molar-refractivity contribution in [3.8, 4) is 17.2 Å². The van der Waals surface area contributed by atoms with Gasteiger partial charge in [-0.05, 0) is 23.9 Å². The maximum absolute atomic E-state index is 14.1. The lowest BCUT2D eigenvalue weighted by Crippen LogP contribution is -2.17. The molecule has 0 spiro atoms. The van der Waals surface area contributed by atoms with Crippen molar-refractivity contribution in [2.24, 2.45) is 0 Å². The second-order valence-corrected chi connectivity index (χ2v) is 6.89. The number of hydrogen-bond acceptors (Lipinski definition) is 8. The molecule has 2 aromatic carbocycles. The van der Waals surface area contributed by atoms with E-state index in [9.17, 15) is 24.1 Å². The highest BCUT2D eigenvalue weighted by atomic mass is 32.2. The topological polar surface area (TPSA) is 117 Å². The quantitative estimate of drug-likeness (QED) is 0.399. The molecule has 2 aromatic rings.